The molecular formula is C31H32FN7O. The predicted octanol–water partition coefficient (Wildman–Crippen LogP) is 4.04. The van der Waals surface area contributed by atoms with E-state index in [9.17, 15) is 5.11 Å². The molecule has 7 rings (SSSR count). The molecule has 3 fully saturated rings. The van der Waals surface area contributed by atoms with Crippen LogP contribution in [-0.4, -0.2) is 75.0 Å². The Morgan fingerprint density at radius 2 is 1.82 bits per heavy atom. The number of benzene rings is 2. The van der Waals surface area contributed by atoms with Crippen LogP contribution in [0.25, 0.3) is 33.1 Å². The van der Waals surface area contributed by atoms with Gasteiger partial charge >= 0.3 is 0 Å². The third-order valence-electron chi connectivity index (χ3n) is 8.68. The minimum atomic E-state index is -0.578. The van der Waals surface area contributed by atoms with Crippen molar-refractivity contribution in [1.82, 2.24) is 30.4 Å². The minimum Gasteiger partial charge on any atom is -0.508 e. The van der Waals surface area contributed by atoms with Crippen molar-refractivity contribution in [2.45, 2.75) is 44.6 Å². The van der Waals surface area contributed by atoms with E-state index in [2.05, 4.69) is 49.1 Å². The van der Waals surface area contributed by atoms with Gasteiger partial charge in [-0.3, -0.25) is 4.90 Å². The van der Waals surface area contributed by atoms with E-state index in [1.54, 1.807) is 12.1 Å². The average molecular weight is 538 g/mol. The molecule has 8 nitrogen and oxygen atoms in total. The highest BCUT2D eigenvalue weighted by Crippen LogP contribution is 2.39. The Morgan fingerprint density at radius 1 is 1.02 bits per heavy atom. The fraction of sp³-hybridized carbons (Fsp3) is 0.419. The summed E-state index contributed by atoms with van der Waals surface area (Å²) in [6, 6.07) is 9.13. The third kappa shape index (κ3) is 4.14. The summed E-state index contributed by atoms with van der Waals surface area (Å²) in [5, 5.41) is 24.4. The van der Waals surface area contributed by atoms with Crippen LogP contribution in [0.5, 0.6) is 5.75 Å². The van der Waals surface area contributed by atoms with Crippen molar-refractivity contribution in [1.29, 1.82) is 0 Å². The van der Waals surface area contributed by atoms with E-state index in [0.717, 1.165) is 87.7 Å². The second kappa shape index (κ2) is 9.95. The molecule has 3 aliphatic heterocycles. The number of piperazine rings is 1. The van der Waals surface area contributed by atoms with Gasteiger partial charge in [0, 0.05) is 31.7 Å². The van der Waals surface area contributed by atoms with Crippen molar-refractivity contribution >= 4 is 27.6 Å². The summed E-state index contributed by atoms with van der Waals surface area (Å²) in [4.78, 5) is 14.0. The van der Waals surface area contributed by atoms with E-state index in [4.69, 9.17) is 4.98 Å². The summed E-state index contributed by atoms with van der Waals surface area (Å²) in [5.41, 5.74) is 1.92. The number of phenolic OH excluding ortho intramolecular Hbond substituents is 1. The highest BCUT2D eigenvalue weighted by Gasteiger charge is 2.43. The topological polar surface area (TPSA) is 90.3 Å². The molecule has 0 spiro atoms. The summed E-state index contributed by atoms with van der Waals surface area (Å²) in [7, 11) is 0. The molecule has 0 aliphatic carbocycles. The minimum absolute atomic E-state index is 0.0461. The number of aromatic nitrogens is 4. The summed E-state index contributed by atoms with van der Waals surface area (Å²) < 4.78 is 16.6. The fourth-order valence-corrected chi connectivity index (χ4v) is 6.72. The molecule has 0 radical (unpaired) electrons. The number of aryl methyl sites for hydroxylation is 1. The maximum absolute atomic E-state index is 16.6. The van der Waals surface area contributed by atoms with Gasteiger partial charge in [0.15, 0.2) is 17.2 Å². The largest absolute Gasteiger partial charge is 0.508 e. The zero-order valence-corrected chi connectivity index (χ0v) is 22.7. The molecule has 2 aromatic carbocycles. The SMILES string of the molecule is CCc1cccc2cc(O)cc(-c3nnc4c(N5CCNCC5)nc(C#CC56CCCN5CCC6)nc4c3F)c12. The van der Waals surface area contributed by atoms with Crippen LogP contribution < -0.4 is 10.2 Å². The van der Waals surface area contributed by atoms with E-state index in [0.29, 0.717) is 22.7 Å². The first-order valence-electron chi connectivity index (χ1n) is 14.3. The van der Waals surface area contributed by atoms with Crippen molar-refractivity contribution in [2.75, 3.05) is 44.2 Å². The van der Waals surface area contributed by atoms with E-state index in [-0.39, 0.29) is 22.5 Å². The number of rotatable bonds is 3. The monoisotopic (exact) mass is 537 g/mol. The molecule has 0 amide bonds. The lowest BCUT2D eigenvalue weighted by Crippen LogP contribution is -2.44. The number of hydrogen-bond acceptors (Lipinski definition) is 8. The van der Waals surface area contributed by atoms with Gasteiger partial charge in [-0.1, -0.05) is 31.0 Å². The lowest BCUT2D eigenvalue weighted by molar-refractivity contribution is 0.261. The van der Waals surface area contributed by atoms with Gasteiger partial charge in [-0.15, -0.1) is 10.2 Å². The number of phenols is 1. The molecule has 9 heteroatoms. The molecule has 3 aliphatic rings. The van der Waals surface area contributed by atoms with Gasteiger partial charge in [0.2, 0.25) is 5.82 Å². The number of anilines is 1. The standard InChI is InChI=1S/C31H32FN7O/c1-2-20-6-3-7-21-18-22(40)19-23(25(20)21)27-26(32)28-29(37-36-27)30(38-16-12-33-13-17-38)35-24(34-28)8-11-31-9-4-14-39(31)15-5-10-31/h3,6-7,18-19,33,40H,2,4-5,9-10,12-17H2,1H3. The molecule has 0 saturated carbocycles. The molecule has 2 N–H and O–H groups in total. The molecule has 5 heterocycles. The number of hydrogen-bond donors (Lipinski definition) is 2. The van der Waals surface area contributed by atoms with Gasteiger partial charge in [0.1, 0.15) is 17.0 Å². The Bertz CT molecular complexity index is 1680. The molecule has 3 saturated heterocycles. The Balaban J connectivity index is 1.43. The lowest BCUT2D eigenvalue weighted by atomic mass is 9.95. The highest BCUT2D eigenvalue weighted by molar-refractivity contribution is 6.01. The molecule has 0 bridgehead atoms. The fourth-order valence-electron chi connectivity index (χ4n) is 6.72. The van der Waals surface area contributed by atoms with Crippen LogP contribution in [0.1, 0.15) is 44.0 Å². The summed E-state index contributed by atoms with van der Waals surface area (Å²) in [5.74, 6) is 7.10. The summed E-state index contributed by atoms with van der Waals surface area (Å²) >= 11 is 0. The number of halogens is 1. The third-order valence-corrected chi connectivity index (χ3v) is 8.68. The maximum Gasteiger partial charge on any atom is 0.207 e. The first-order valence-corrected chi connectivity index (χ1v) is 14.3. The Kier molecular flexibility index (Phi) is 6.25. The van der Waals surface area contributed by atoms with E-state index in [1.165, 1.54) is 0 Å². The van der Waals surface area contributed by atoms with Gasteiger partial charge in [-0.2, -0.15) is 0 Å². The normalized spacial score (nSPS) is 18.7. The van der Waals surface area contributed by atoms with E-state index in [1.807, 2.05) is 18.2 Å². The average Bonchev–Trinajstić information content (AvgIpc) is 3.56. The molecule has 40 heavy (non-hydrogen) atoms. The molecule has 0 unspecified atom stereocenters. The van der Waals surface area contributed by atoms with Crippen molar-refractivity contribution in [3.63, 3.8) is 0 Å². The molecular weight excluding hydrogens is 505 g/mol. The Morgan fingerprint density at radius 3 is 2.60 bits per heavy atom. The molecule has 204 valence electrons. The zero-order chi connectivity index (χ0) is 27.3. The van der Waals surface area contributed by atoms with Crippen LogP contribution in [0, 0.1) is 17.7 Å². The van der Waals surface area contributed by atoms with Crippen LogP contribution in [-0.2, 0) is 6.42 Å². The van der Waals surface area contributed by atoms with Gasteiger partial charge in [0.05, 0.1) is 5.54 Å². The highest BCUT2D eigenvalue weighted by atomic mass is 19.1. The van der Waals surface area contributed by atoms with Crippen LogP contribution in [0.2, 0.25) is 0 Å². The van der Waals surface area contributed by atoms with E-state index >= 15 is 4.39 Å². The number of fused-ring (bicyclic) bond motifs is 3. The first kappa shape index (κ1) is 25.1. The van der Waals surface area contributed by atoms with Gasteiger partial charge < -0.3 is 15.3 Å². The predicted molar refractivity (Wildman–Crippen MR) is 154 cm³/mol. The first-order chi connectivity index (χ1) is 19.6. The lowest BCUT2D eigenvalue weighted by Gasteiger charge is -2.29. The van der Waals surface area contributed by atoms with E-state index < -0.39 is 5.82 Å². The van der Waals surface area contributed by atoms with Crippen LogP contribution in [0.3, 0.4) is 0 Å². The van der Waals surface area contributed by atoms with Crippen molar-refractivity contribution < 1.29 is 9.50 Å². The van der Waals surface area contributed by atoms with Gasteiger partial charge in [-0.25, -0.2) is 14.4 Å². The van der Waals surface area contributed by atoms with Crippen molar-refractivity contribution in [3.05, 3.63) is 47.5 Å². The zero-order valence-electron chi connectivity index (χ0n) is 22.7. The second-order valence-corrected chi connectivity index (χ2v) is 11.0. The molecule has 0 atom stereocenters. The smallest absolute Gasteiger partial charge is 0.207 e. The van der Waals surface area contributed by atoms with Gasteiger partial charge in [0.25, 0.3) is 0 Å². The number of aromatic hydroxyl groups is 1. The van der Waals surface area contributed by atoms with Crippen molar-refractivity contribution in [3.8, 4) is 28.8 Å². The van der Waals surface area contributed by atoms with Crippen LogP contribution >= 0.6 is 0 Å². The quantitative estimate of drug-likeness (QED) is 0.379. The van der Waals surface area contributed by atoms with Crippen LogP contribution in [0.15, 0.2) is 30.3 Å². The van der Waals surface area contributed by atoms with Gasteiger partial charge in [-0.05, 0) is 79.6 Å². The molecule has 4 aromatic rings. The summed E-state index contributed by atoms with van der Waals surface area (Å²) in [6.07, 6.45) is 5.14. The molecule has 2 aromatic heterocycles. The van der Waals surface area contributed by atoms with Crippen LogP contribution in [0.4, 0.5) is 10.2 Å². The Labute approximate surface area is 232 Å². The maximum atomic E-state index is 16.6. The second-order valence-electron chi connectivity index (χ2n) is 11.0. The Hall–Kier alpha value is -3.87. The number of nitrogens with one attached hydrogen (secondary N) is 1. The van der Waals surface area contributed by atoms with Crippen molar-refractivity contribution in [2.24, 2.45) is 0 Å². The summed E-state index contributed by atoms with van der Waals surface area (Å²) in [6.45, 7) is 7.25. The number of nitrogens with zero attached hydrogens (tertiary/aromatic N) is 6.